The van der Waals surface area contributed by atoms with Crippen molar-refractivity contribution in [3.63, 3.8) is 0 Å². The van der Waals surface area contributed by atoms with Crippen LogP contribution in [0.3, 0.4) is 0 Å². The highest BCUT2D eigenvalue weighted by molar-refractivity contribution is 6.13. The first-order valence-corrected chi connectivity index (χ1v) is 19.2. The number of benzene rings is 8. The lowest BCUT2D eigenvalue weighted by Gasteiger charge is -2.11. The summed E-state index contributed by atoms with van der Waals surface area (Å²) in [6.45, 7) is 8.69. The van der Waals surface area contributed by atoms with Gasteiger partial charge >= 0.3 is 0 Å². The Morgan fingerprint density at radius 1 is 0.474 bits per heavy atom. The van der Waals surface area contributed by atoms with Gasteiger partial charge in [0.1, 0.15) is 17.0 Å². The minimum absolute atomic E-state index is 0.621. The number of fused-ring (bicyclic) bond motifs is 8. The summed E-state index contributed by atoms with van der Waals surface area (Å²) in [6, 6.07) is 64.3. The number of nitrogens with zero attached hydrogens (tertiary/aromatic N) is 3. The lowest BCUT2D eigenvalue weighted by atomic mass is 10.0. The van der Waals surface area contributed by atoms with E-state index in [0.29, 0.717) is 5.82 Å². The predicted octanol–water partition coefficient (Wildman–Crippen LogP) is 13.8. The Kier molecular flexibility index (Phi) is 7.44. The number of rotatable bonds is 6. The highest BCUT2D eigenvalue weighted by atomic mass is 16.3. The molecule has 11 rings (SSSR count). The zero-order valence-corrected chi connectivity index (χ0v) is 31.1. The fourth-order valence-corrected chi connectivity index (χ4v) is 8.67. The topological polar surface area (TPSA) is 35.4 Å². The summed E-state index contributed by atoms with van der Waals surface area (Å²) < 4.78 is 10.9. The van der Waals surface area contributed by atoms with Crippen LogP contribution in [0.1, 0.15) is 5.56 Å². The third-order valence-corrected chi connectivity index (χ3v) is 11.3. The molecule has 0 radical (unpaired) electrons. The smallest absolute Gasteiger partial charge is 0.137 e. The maximum absolute atomic E-state index is 6.35. The van der Waals surface area contributed by atoms with Gasteiger partial charge in [0.2, 0.25) is 0 Å². The summed E-state index contributed by atoms with van der Waals surface area (Å²) >= 11 is 0. The fourth-order valence-electron chi connectivity index (χ4n) is 8.67. The molecule has 3 aromatic heterocycles. The van der Waals surface area contributed by atoms with E-state index in [4.69, 9.17) is 9.41 Å². The minimum Gasteiger partial charge on any atom is -0.456 e. The SMILES string of the molecule is C=Cc1cccc2oc3ccccc3c(=NC(=C)n3c4ccccc4c4cc(-c5ccc6c(c5)c5ccccc5n6-c5cccc(-c6ccccc6)c5)ccc43)c12. The molecule has 8 aromatic carbocycles. The highest BCUT2D eigenvalue weighted by Gasteiger charge is 2.17. The molecule has 0 aliphatic carbocycles. The molecule has 4 nitrogen and oxygen atoms in total. The Labute approximate surface area is 328 Å². The normalized spacial score (nSPS) is 12.1. The van der Waals surface area contributed by atoms with Crippen LogP contribution in [0.2, 0.25) is 0 Å². The molecule has 0 aliphatic rings. The second-order valence-corrected chi connectivity index (χ2v) is 14.5. The Balaban J connectivity index is 1.07. The molecule has 0 fully saturated rings. The van der Waals surface area contributed by atoms with Crippen LogP contribution in [0.25, 0.3) is 105 Å². The Hall–Kier alpha value is -7.69. The molecule has 0 amide bonds. The lowest BCUT2D eigenvalue weighted by Crippen LogP contribution is -2.08. The third-order valence-electron chi connectivity index (χ3n) is 11.3. The van der Waals surface area contributed by atoms with Crippen LogP contribution >= 0.6 is 0 Å². The molecule has 0 saturated carbocycles. The first-order chi connectivity index (χ1) is 28.1. The Morgan fingerprint density at radius 3 is 1.82 bits per heavy atom. The molecule has 0 aliphatic heterocycles. The van der Waals surface area contributed by atoms with Crippen molar-refractivity contribution >= 4 is 77.4 Å². The summed E-state index contributed by atoms with van der Waals surface area (Å²) in [5, 5.41) is 7.38. The molecule has 3 heterocycles. The molecule has 4 heteroatoms. The molecule has 0 N–H and O–H groups in total. The van der Waals surface area contributed by atoms with Crippen LogP contribution in [0.5, 0.6) is 0 Å². The molecule has 0 spiro atoms. The highest BCUT2D eigenvalue weighted by Crippen LogP contribution is 2.39. The van der Waals surface area contributed by atoms with Crippen molar-refractivity contribution < 1.29 is 4.42 Å². The van der Waals surface area contributed by atoms with E-state index in [1.54, 1.807) is 0 Å². The van der Waals surface area contributed by atoms with Crippen molar-refractivity contribution in [3.05, 3.63) is 206 Å². The summed E-state index contributed by atoms with van der Waals surface area (Å²) in [7, 11) is 0. The largest absolute Gasteiger partial charge is 0.456 e. The zero-order valence-electron chi connectivity index (χ0n) is 31.1. The van der Waals surface area contributed by atoms with Crippen LogP contribution in [-0.2, 0) is 0 Å². The van der Waals surface area contributed by atoms with Crippen molar-refractivity contribution in [3.8, 4) is 27.9 Å². The Bertz CT molecular complexity index is 3510. The quantitative estimate of drug-likeness (QED) is 0.157. The lowest BCUT2D eigenvalue weighted by molar-refractivity contribution is 0.659. The van der Waals surface area contributed by atoms with Gasteiger partial charge in [0.05, 0.1) is 32.8 Å². The van der Waals surface area contributed by atoms with Gasteiger partial charge in [-0.2, -0.15) is 0 Å². The fraction of sp³-hybridized carbons (Fsp3) is 0. The van der Waals surface area contributed by atoms with Crippen LogP contribution in [0, 0.1) is 0 Å². The van der Waals surface area contributed by atoms with E-state index in [1.165, 1.54) is 32.9 Å². The van der Waals surface area contributed by atoms with Gasteiger partial charge < -0.3 is 8.98 Å². The van der Waals surface area contributed by atoms with Gasteiger partial charge in [0, 0.05) is 32.6 Å². The maximum Gasteiger partial charge on any atom is 0.137 e. The molecule has 0 saturated heterocycles. The summed E-state index contributed by atoms with van der Waals surface area (Å²) in [4.78, 5) is 5.32. The van der Waals surface area contributed by atoms with Crippen LogP contribution in [0.4, 0.5) is 0 Å². The second kappa shape index (κ2) is 13.0. The van der Waals surface area contributed by atoms with Gasteiger partial charge in [0.15, 0.2) is 0 Å². The van der Waals surface area contributed by atoms with E-state index in [1.807, 2.05) is 42.5 Å². The molecule has 0 bridgehead atoms. The maximum atomic E-state index is 6.35. The summed E-state index contributed by atoms with van der Waals surface area (Å²) in [5.41, 5.74) is 12.8. The van der Waals surface area contributed by atoms with Crippen molar-refractivity contribution in [2.45, 2.75) is 0 Å². The van der Waals surface area contributed by atoms with Crippen molar-refractivity contribution in [1.29, 1.82) is 0 Å². The molecular formula is C53H35N3O. The van der Waals surface area contributed by atoms with E-state index in [-0.39, 0.29) is 0 Å². The number of aromatic nitrogens is 2. The van der Waals surface area contributed by atoms with Crippen molar-refractivity contribution in [2.75, 3.05) is 0 Å². The molecule has 57 heavy (non-hydrogen) atoms. The predicted molar refractivity (Wildman–Crippen MR) is 239 cm³/mol. The molecule has 0 unspecified atom stereocenters. The number of para-hydroxylation sites is 3. The standard InChI is InChI=1S/C53H35N3O/c1-3-35-17-14-26-51-52(35)53(43-22-9-12-25-50(43)57-51)54-34(2)55-46-23-10-7-20-41(46)44-32-38(27-29-48(44)55)39-28-30-49-45(33-39)42-21-8-11-24-47(42)56(49)40-19-13-18-37(31-40)36-15-5-4-6-16-36/h3-33H,1-2H2. The van der Waals surface area contributed by atoms with Crippen LogP contribution in [0.15, 0.2) is 205 Å². The van der Waals surface area contributed by atoms with Gasteiger partial charge in [-0.1, -0.05) is 134 Å². The average Bonchev–Trinajstić information content (AvgIpc) is 3.78. The second-order valence-electron chi connectivity index (χ2n) is 14.5. The third kappa shape index (κ3) is 5.19. The first kappa shape index (κ1) is 32.7. The number of hydrogen-bond acceptors (Lipinski definition) is 2. The van der Waals surface area contributed by atoms with Gasteiger partial charge in [0.25, 0.3) is 0 Å². The van der Waals surface area contributed by atoms with Gasteiger partial charge in [-0.3, -0.25) is 4.57 Å². The van der Waals surface area contributed by atoms with E-state index < -0.39 is 0 Å². The summed E-state index contributed by atoms with van der Waals surface area (Å²) in [6.07, 6.45) is 1.86. The van der Waals surface area contributed by atoms with Crippen molar-refractivity contribution in [2.24, 2.45) is 4.99 Å². The monoisotopic (exact) mass is 729 g/mol. The number of hydrogen-bond donors (Lipinski definition) is 0. The van der Waals surface area contributed by atoms with Gasteiger partial charge in [-0.25, -0.2) is 4.99 Å². The molecule has 11 aromatic rings. The van der Waals surface area contributed by atoms with E-state index in [9.17, 15) is 0 Å². The van der Waals surface area contributed by atoms with Crippen molar-refractivity contribution in [1.82, 2.24) is 9.13 Å². The van der Waals surface area contributed by atoms with E-state index in [2.05, 4.69) is 168 Å². The summed E-state index contributed by atoms with van der Waals surface area (Å²) in [5.74, 6) is 0.621. The zero-order chi connectivity index (χ0) is 38.0. The van der Waals surface area contributed by atoms with Crippen LogP contribution in [-0.4, -0.2) is 9.13 Å². The molecule has 0 atom stereocenters. The average molecular weight is 730 g/mol. The molecular weight excluding hydrogens is 695 g/mol. The van der Waals surface area contributed by atoms with Gasteiger partial charge in [-0.05, 0) is 94.5 Å². The Morgan fingerprint density at radius 2 is 1.04 bits per heavy atom. The molecule has 268 valence electrons. The van der Waals surface area contributed by atoms with Crippen LogP contribution < -0.4 is 5.36 Å². The van der Waals surface area contributed by atoms with Gasteiger partial charge in [-0.15, -0.1) is 0 Å². The van der Waals surface area contributed by atoms with E-state index >= 15 is 0 Å². The first-order valence-electron chi connectivity index (χ1n) is 19.2. The minimum atomic E-state index is 0.621. The van der Waals surface area contributed by atoms with E-state index in [0.717, 1.165) is 71.5 Å².